The van der Waals surface area contributed by atoms with Crippen molar-refractivity contribution in [3.05, 3.63) is 60.7 Å². The van der Waals surface area contributed by atoms with Crippen LogP contribution in [-0.4, -0.2) is 50.1 Å². The van der Waals surface area contributed by atoms with E-state index in [-0.39, 0.29) is 5.92 Å². The molecule has 4 rings (SSSR count). The molecule has 136 valence electrons. The second kappa shape index (κ2) is 7.81. The van der Waals surface area contributed by atoms with Gasteiger partial charge in [0.25, 0.3) is 0 Å². The van der Waals surface area contributed by atoms with E-state index in [9.17, 15) is 4.79 Å². The van der Waals surface area contributed by atoms with E-state index in [1.165, 1.54) is 11.4 Å². The molecule has 2 aliphatic rings. The maximum absolute atomic E-state index is 12.9. The predicted molar refractivity (Wildman–Crippen MR) is 107 cm³/mol. The van der Waals surface area contributed by atoms with Gasteiger partial charge in [-0.1, -0.05) is 36.4 Å². The van der Waals surface area contributed by atoms with E-state index in [0.29, 0.717) is 5.91 Å². The van der Waals surface area contributed by atoms with E-state index in [4.69, 9.17) is 0 Å². The Hall–Kier alpha value is -2.49. The van der Waals surface area contributed by atoms with Gasteiger partial charge in [-0.05, 0) is 37.1 Å². The van der Waals surface area contributed by atoms with E-state index < -0.39 is 0 Å². The molecule has 26 heavy (non-hydrogen) atoms. The van der Waals surface area contributed by atoms with Crippen molar-refractivity contribution in [3.63, 3.8) is 0 Å². The minimum absolute atomic E-state index is 0.193. The lowest BCUT2D eigenvalue weighted by atomic mass is 9.94. The van der Waals surface area contributed by atoms with Crippen LogP contribution in [0, 0.1) is 5.92 Å². The Bertz CT molecular complexity index is 641. The topological polar surface area (TPSA) is 26.8 Å². The van der Waals surface area contributed by atoms with Crippen molar-refractivity contribution in [2.75, 3.05) is 49.1 Å². The highest BCUT2D eigenvalue weighted by atomic mass is 16.2. The van der Waals surface area contributed by atoms with E-state index >= 15 is 0 Å². The van der Waals surface area contributed by atoms with Crippen LogP contribution >= 0.6 is 0 Å². The molecular weight excluding hydrogens is 322 g/mol. The summed E-state index contributed by atoms with van der Waals surface area (Å²) in [5, 5.41) is 0. The van der Waals surface area contributed by atoms with Gasteiger partial charge in [0.2, 0.25) is 5.91 Å². The van der Waals surface area contributed by atoms with E-state index in [0.717, 1.165) is 52.1 Å². The molecule has 0 unspecified atom stereocenters. The van der Waals surface area contributed by atoms with Crippen molar-refractivity contribution in [1.82, 2.24) is 4.90 Å². The molecule has 2 aromatic carbocycles. The van der Waals surface area contributed by atoms with Crippen molar-refractivity contribution in [2.24, 2.45) is 5.92 Å². The second-order valence-electron chi connectivity index (χ2n) is 7.24. The zero-order valence-corrected chi connectivity index (χ0v) is 15.3. The first-order chi connectivity index (χ1) is 12.8. The highest BCUT2D eigenvalue weighted by Crippen LogP contribution is 2.25. The number of carbonyl (C=O) groups is 1. The molecule has 0 bridgehead atoms. The van der Waals surface area contributed by atoms with Gasteiger partial charge in [-0.25, -0.2) is 0 Å². The van der Waals surface area contributed by atoms with Gasteiger partial charge in [0, 0.05) is 56.6 Å². The molecule has 2 aromatic rings. The SMILES string of the molecule is O=C(C1CCN(c2ccccc2)CC1)N1CCN(c2ccccc2)CC1. The fourth-order valence-corrected chi connectivity index (χ4v) is 4.11. The third kappa shape index (κ3) is 3.69. The lowest BCUT2D eigenvalue weighted by Gasteiger charge is -2.39. The zero-order valence-electron chi connectivity index (χ0n) is 15.3. The highest BCUT2D eigenvalue weighted by Gasteiger charge is 2.30. The van der Waals surface area contributed by atoms with Crippen LogP contribution in [0.15, 0.2) is 60.7 Å². The number of hydrogen-bond donors (Lipinski definition) is 0. The third-order valence-corrected chi connectivity index (χ3v) is 5.68. The number of piperidine rings is 1. The number of para-hydroxylation sites is 2. The first-order valence-electron chi connectivity index (χ1n) is 9.70. The zero-order chi connectivity index (χ0) is 17.8. The van der Waals surface area contributed by atoms with Gasteiger partial charge >= 0.3 is 0 Å². The van der Waals surface area contributed by atoms with Crippen molar-refractivity contribution in [2.45, 2.75) is 12.8 Å². The highest BCUT2D eigenvalue weighted by molar-refractivity contribution is 5.79. The van der Waals surface area contributed by atoms with Crippen LogP contribution in [0.5, 0.6) is 0 Å². The molecule has 2 fully saturated rings. The van der Waals surface area contributed by atoms with Gasteiger partial charge in [-0.15, -0.1) is 0 Å². The van der Waals surface area contributed by atoms with Crippen LogP contribution < -0.4 is 9.80 Å². The van der Waals surface area contributed by atoms with E-state index in [2.05, 4.69) is 69.3 Å². The summed E-state index contributed by atoms with van der Waals surface area (Å²) in [7, 11) is 0. The fraction of sp³-hybridized carbons (Fsp3) is 0.409. The monoisotopic (exact) mass is 349 g/mol. The molecule has 0 N–H and O–H groups in total. The maximum atomic E-state index is 12.9. The fourth-order valence-electron chi connectivity index (χ4n) is 4.11. The van der Waals surface area contributed by atoms with Crippen molar-refractivity contribution >= 4 is 17.3 Å². The van der Waals surface area contributed by atoms with Crippen molar-refractivity contribution in [1.29, 1.82) is 0 Å². The number of rotatable bonds is 3. The number of piperazine rings is 1. The molecule has 0 aromatic heterocycles. The van der Waals surface area contributed by atoms with Crippen molar-refractivity contribution < 1.29 is 4.79 Å². The average molecular weight is 349 g/mol. The van der Waals surface area contributed by atoms with Gasteiger partial charge < -0.3 is 14.7 Å². The Morgan fingerprint density at radius 3 is 1.62 bits per heavy atom. The first kappa shape index (κ1) is 17.0. The van der Waals surface area contributed by atoms with Gasteiger partial charge in [-0.2, -0.15) is 0 Å². The van der Waals surface area contributed by atoms with Crippen LogP contribution in [0.1, 0.15) is 12.8 Å². The lowest BCUT2D eigenvalue weighted by molar-refractivity contribution is -0.136. The van der Waals surface area contributed by atoms with Crippen LogP contribution in [0.25, 0.3) is 0 Å². The smallest absolute Gasteiger partial charge is 0.225 e. The quantitative estimate of drug-likeness (QED) is 0.851. The molecule has 4 heteroatoms. The first-order valence-corrected chi connectivity index (χ1v) is 9.70. The summed E-state index contributed by atoms with van der Waals surface area (Å²) in [5.74, 6) is 0.559. The molecule has 0 radical (unpaired) electrons. The second-order valence-corrected chi connectivity index (χ2v) is 7.24. The maximum Gasteiger partial charge on any atom is 0.225 e. The van der Waals surface area contributed by atoms with Gasteiger partial charge in [-0.3, -0.25) is 4.79 Å². The third-order valence-electron chi connectivity index (χ3n) is 5.68. The Balaban J connectivity index is 1.28. The number of hydrogen-bond acceptors (Lipinski definition) is 3. The van der Waals surface area contributed by atoms with E-state index in [1.807, 2.05) is 6.07 Å². The summed E-state index contributed by atoms with van der Waals surface area (Å²) >= 11 is 0. The van der Waals surface area contributed by atoms with Gasteiger partial charge in [0.15, 0.2) is 0 Å². The Labute approximate surface area is 156 Å². The molecule has 4 nitrogen and oxygen atoms in total. The normalized spacial score (nSPS) is 18.8. The van der Waals surface area contributed by atoms with Crippen LogP contribution in [0.2, 0.25) is 0 Å². The number of anilines is 2. The molecule has 0 aliphatic carbocycles. The standard InChI is InChI=1S/C22H27N3O/c26-22(19-11-13-23(14-12-19)20-7-3-1-4-8-20)25-17-15-24(16-18-25)21-9-5-2-6-10-21/h1-10,19H,11-18H2. The number of benzene rings is 2. The summed E-state index contributed by atoms with van der Waals surface area (Å²) < 4.78 is 0. The molecule has 2 heterocycles. The molecule has 2 saturated heterocycles. The van der Waals surface area contributed by atoms with Gasteiger partial charge in [0.05, 0.1) is 0 Å². The predicted octanol–water partition coefficient (Wildman–Crippen LogP) is 3.25. The number of nitrogens with zero attached hydrogens (tertiary/aromatic N) is 3. The molecular formula is C22H27N3O. The van der Waals surface area contributed by atoms with E-state index in [1.54, 1.807) is 0 Å². The largest absolute Gasteiger partial charge is 0.371 e. The van der Waals surface area contributed by atoms with Crippen LogP contribution in [0.3, 0.4) is 0 Å². The Kier molecular flexibility index (Phi) is 5.09. The molecule has 0 saturated carbocycles. The van der Waals surface area contributed by atoms with Crippen molar-refractivity contribution in [3.8, 4) is 0 Å². The Morgan fingerprint density at radius 1 is 0.654 bits per heavy atom. The molecule has 2 aliphatic heterocycles. The molecule has 0 spiro atoms. The summed E-state index contributed by atoms with van der Waals surface area (Å²) in [4.78, 5) is 19.8. The number of carbonyl (C=O) groups excluding carboxylic acids is 1. The minimum Gasteiger partial charge on any atom is -0.371 e. The summed E-state index contributed by atoms with van der Waals surface area (Å²) in [6.45, 7) is 5.49. The minimum atomic E-state index is 0.193. The summed E-state index contributed by atoms with van der Waals surface area (Å²) in [5.41, 5.74) is 2.53. The Morgan fingerprint density at radius 2 is 1.12 bits per heavy atom. The number of amides is 1. The molecule has 1 amide bonds. The summed E-state index contributed by atoms with van der Waals surface area (Å²) in [6, 6.07) is 21.0. The van der Waals surface area contributed by atoms with Crippen LogP contribution in [-0.2, 0) is 4.79 Å². The lowest BCUT2D eigenvalue weighted by Crippen LogP contribution is -2.51. The molecule has 0 atom stereocenters. The summed E-state index contributed by atoms with van der Waals surface area (Å²) in [6.07, 6.45) is 1.93. The van der Waals surface area contributed by atoms with Crippen LogP contribution in [0.4, 0.5) is 11.4 Å². The van der Waals surface area contributed by atoms with Gasteiger partial charge in [0.1, 0.15) is 0 Å². The average Bonchev–Trinajstić information content (AvgIpc) is 2.75.